The Hall–Kier alpha value is -5.04. The van der Waals surface area contributed by atoms with Crippen LogP contribution in [0.5, 0.6) is 11.5 Å². The van der Waals surface area contributed by atoms with Gasteiger partial charge in [-0.15, -0.1) is 0 Å². The van der Waals surface area contributed by atoms with E-state index in [-0.39, 0.29) is 11.6 Å². The molecular weight excluding hydrogens is 473 g/mol. The van der Waals surface area contributed by atoms with Gasteiger partial charge < -0.3 is 21.1 Å². The maximum Gasteiger partial charge on any atom is 0.300 e. The van der Waals surface area contributed by atoms with Crippen molar-refractivity contribution in [3.63, 3.8) is 0 Å². The van der Waals surface area contributed by atoms with Crippen molar-refractivity contribution in [1.29, 1.82) is 0 Å². The Bertz CT molecular complexity index is 1590. The first-order valence-electron chi connectivity index (χ1n) is 11.5. The fraction of sp³-hybridized carbons (Fsp3) is 0.148. The summed E-state index contributed by atoms with van der Waals surface area (Å²) in [5.74, 6) is 6.53. The van der Waals surface area contributed by atoms with Gasteiger partial charge in [-0.3, -0.25) is 4.79 Å². The van der Waals surface area contributed by atoms with Crippen molar-refractivity contribution < 1.29 is 13.9 Å². The summed E-state index contributed by atoms with van der Waals surface area (Å²) in [6, 6.07) is 11.7. The summed E-state index contributed by atoms with van der Waals surface area (Å²) in [5.41, 5.74) is 6.99. The molecule has 0 bridgehead atoms. The quantitative estimate of drug-likeness (QED) is 0.196. The van der Waals surface area contributed by atoms with E-state index in [9.17, 15) is 4.79 Å². The third-order valence-corrected chi connectivity index (χ3v) is 5.60. The number of aromatic nitrogens is 3. The minimum atomic E-state index is -0.502. The Kier molecular flexibility index (Phi) is 6.59. The van der Waals surface area contributed by atoms with Crippen LogP contribution in [-0.2, 0) is 4.79 Å². The van der Waals surface area contributed by atoms with E-state index in [1.807, 2.05) is 0 Å². The van der Waals surface area contributed by atoms with E-state index in [2.05, 4.69) is 42.4 Å². The molecule has 2 heterocycles. The SMILES string of the molecule is Cc1c(Oc2ccnc(N=CN)c2)ccc(Nc2ncnc3ccc(NC(=O)C#CC4CC4)cc23)c1F. The lowest BCUT2D eigenvalue weighted by Gasteiger charge is -2.14. The minimum absolute atomic E-state index is 0.206. The first-order chi connectivity index (χ1) is 18.0. The maximum absolute atomic E-state index is 15.3. The number of hydrogen-bond donors (Lipinski definition) is 3. The average Bonchev–Trinajstić information content (AvgIpc) is 3.73. The molecule has 4 aromatic rings. The third-order valence-electron chi connectivity index (χ3n) is 5.60. The Balaban J connectivity index is 1.38. The van der Waals surface area contributed by atoms with E-state index < -0.39 is 5.82 Å². The zero-order valence-electron chi connectivity index (χ0n) is 19.8. The van der Waals surface area contributed by atoms with Crippen molar-refractivity contribution in [1.82, 2.24) is 15.0 Å². The van der Waals surface area contributed by atoms with Crippen LogP contribution >= 0.6 is 0 Å². The van der Waals surface area contributed by atoms with Crippen LogP contribution in [0.25, 0.3) is 10.9 Å². The molecule has 1 aliphatic carbocycles. The Morgan fingerprint density at radius 2 is 2.05 bits per heavy atom. The van der Waals surface area contributed by atoms with Gasteiger partial charge in [0.1, 0.15) is 23.6 Å². The highest BCUT2D eigenvalue weighted by molar-refractivity contribution is 6.05. The van der Waals surface area contributed by atoms with Gasteiger partial charge in [0.25, 0.3) is 5.91 Å². The summed E-state index contributed by atoms with van der Waals surface area (Å²) >= 11 is 0. The molecule has 0 radical (unpaired) electrons. The van der Waals surface area contributed by atoms with E-state index in [4.69, 9.17) is 10.5 Å². The van der Waals surface area contributed by atoms with Gasteiger partial charge >= 0.3 is 0 Å². The van der Waals surface area contributed by atoms with Crippen molar-refractivity contribution in [2.45, 2.75) is 19.8 Å². The lowest BCUT2D eigenvalue weighted by Crippen LogP contribution is -2.08. The van der Waals surface area contributed by atoms with E-state index in [1.54, 1.807) is 49.4 Å². The Labute approximate surface area is 212 Å². The second kappa shape index (κ2) is 10.3. The van der Waals surface area contributed by atoms with Crippen LogP contribution in [0, 0.1) is 30.5 Å². The molecule has 1 aliphatic rings. The number of amides is 1. The number of fused-ring (bicyclic) bond motifs is 1. The van der Waals surface area contributed by atoms with Gasteiger partial charge in [0.15, 0.2) is 11.6 Å². The summed E-state index contributed by atoms with van der Waals surface area (Å²) in [5, 5.41) is 6.41. The highest BCUT2D eigenvalue weighted by atomic mass is 19.1. The van der Waals surface area contributed by atoms with Crippen molar-refractivity contribution in [3.8, 4) is 23.3 Å². The molecule has 10 heteroatoms. The second-order valence-electron chi connectivity index (χ2n) is 8.36. The maximum atomic E-state index is 15.3. The molecule has 0 unspecified atom stereocenters. The molecule has 2 aromatic heterocycles. The number of nitrogens with two attached hydrogens (primary N) is 1. The monoisotopic (exact) mass is 495 g/mol. The van der Waals surface area contributed by atoms with Gasteiger partial charge in [0, 0.05) is 34.8 Å². The van der Waals surface area contributed by atoms with Crippen LogP contribution in [0.4, 0.5) is 27.4 Å². The topological polar surface area (TPSA) is 127 Å². The first kappa shape index (κ1) is 23.7. The number of nitrogens with one attached hydrogen (secondary N) is 2. The normalized spacial score (nSPS) is 12.7. The average molecular weight is 496 g/mol. The molecule has 4 N–H and O–H groups in total. The predicted octanol–water partition coefficient (Wildman–Crippen LogP) is 4.98. The van der Waals surface area contributed by atoms with Crippen molar-refractivity contribution in [2.75, 3.05) is 10.6 Å². The molecular formula is C27H22FN7O2. The van der Waals surface area contributed by atoms with Crippen LogP contribution in [0.3, 0.4) is 0 Å². The molecule has 0 spiro atoms. The summed E-state index contributed by atoms with van der Waals surface area (Å²) in [4.78, 5) is 28.7. The molecule has 0 atom stereocenters. The molecule has 0 aliphatic heterocycles. The molecule has 9 nitrogen and oxygen atoms in total. The summed E-state index contributed by atoms with van der Waals surface area (Å²) < 4.78 is 21.2. The first-order valence-corrected chi connectivity index (χ1v) is 11.5. The number of halogens is 1. The third kappa shape index (κ3) is 5.62. The van der Waals surface area contributed by atoms with Crippen molar-refractivity contribution in [3.05, 3.63) is 66.4 Å². The number of carbonyl (C=O) groups excluding carboxylic acids is 1. The smallest absolute Gasteiger partial charge is 0.300 e. The molecule has 2 aromatic carbocycles. The van der Waals surface area contributed by atoms with E-state index in [0.29, 0.717) is 51.2 Å². The molecule has 1 saturated carbocycles. The van der Waals surface area contributed by atoms with Gasteiger partial charge in [-0.25, -0.2) is 24.3 Å². The van der Waals surface area contributed by atoms with Gasteiger partial charge in [0.05, 0.1) is 17.5 Å². The zero-order valence-corrected chi connectivity index (χ0v) is 19.8. The largest absolute Gasteiger partial charge is 0.457 e. The van der Waals surface area contributed by atoms with Crippen LogP contribution in [0.15, 0.2) is 60.0 Å². The molecule has 1 fully saturated rings. The van der Waals surface area contributed by atoms with Gasteiger partial charge in [0.2, 0.25) is 0 Å². The highest BCUT2D eigenvalue weighted by Crippen LogP contribution is 2.34. The second-order valence-corrected chi connectivity index (χ2v) is 8.36. The summed E-state index contributed by atoms with van der Waals surface area (Å²) in [7, 11) is 0. The number of aliphatic imine (C=N–C) groups is 1. The summed E-state index contributed by atoms with van der Waals surface area (Å²) in [6.07, 6.45) is 6.13. The standard InChI is InChI=1S/C27H22FN7O2/c1-16-23(37-19-10-11-30-24(13-19)31-14-29)8-7-22(26(16)28)35-27-20-12-18(5-6-21(20)32-15-33-27)34-25(36)9-4-17-2-3-17/h5-8,10-15,17H,2-3H2,1H3,(H,34,36)(H2,29,30,31)(H,32,33,35). The number of carbonyl (C=O) groups is 1. The number of anilines is 3. The number of pyridine rings is 1. The van der Waals surface area contributed by atoms with E-state index in [1.165, 1.54) is 12.5 Å². The van der Waals surface area contributed by atoms with Gasteiger partial charge in [-0.05, 0) is 62.1 Å². The molecule has 184 valence electrons. The number of nitrogens with zero attached hydrogens (tertiary/aromatic N) is 4. The van der Waals surface area contributed by atoms with E-state index >= 15 is 4.39 Å². The fourth-order valence-corrected chi connectivity index (χ4v) is 3.53. The van der Waals surface area contributed by atoms with Crippen molar-refractivity contribution in [2.24, 2.45) is 16.6 Å². The molecule has 1 amide bonds. The predicted molar refractivity (Wildman–Crippen MR) is 140 cm³/mol. The highest BCUT2D eigenvalue weighted by Gasteiger charge is 2.18. The van der Waals surface area contributed by atoms with Gasteiger partial charge in [-0.2, -0.15) is 0 Å². The number of benzene rings is 2. The van der Waals surface area contributed by atoms with Crippen molar-refractivity contribution >= 4 is 46.2 Å². The lowest BCUT2D eigenvalue weighted by molar-refractivity contribution is -0.111. The van der Waals surface area contributed by atoms with Crippen LogP contribution in [0.2, 0.25) is 0 Å². The number of rotatable bonds is 6. The molecule has 5 rings (SSSR count). The number of ether oxygens (including phenoxy) is 1. The van der Waals surface area contributed by atoms with Gasteiger partial charge in [-0.1, -0.05) is 5.92 Å². The summed E-state index contributed by atoms with van der Waals surface area (Å²) in [6.45, 7) is 1.62. The minimum Gasteiger partial charge on any atom is -0.457 e. The number of hydrogen-bond acceptors (Lipinski definition) is 7. The Morgan fingerprint density at radius 1 is 1.19 bits per heavy atom. The fourth-order valence-electron chi connectivity index (χ4n) is 3.53. The zero-order chi connectivity index (χ0) is 25.8. The van der Waals surface area contributed by atoms with Crippen LogP contribution < -0.4 is 21.1 Å². The van der Waals surface area contributed by atoms with Crippen LogP contribution in [0.1, 0.15) is 18.4 Å². The molecule has 0 saturated heterocycles. The lowest BCUT2D eigenvalue weighted by atomic mass is 10.1. The Morgan fingerprint density at radius 3 is 2.86 bits per heavy atom. The molecule has 37 heavy (non-hydrogen) atoms. The van der Waals surface area contributed by atoms with Crippen LogP contribution in [-0.4, -0.2) is 27.2 Å². The van der Waals surface area contributed by atoms with E-state index in [0.717, 1.165) is 19.2 Å².